The van der Waals surface area contributed by atoms with Crippen molar-refractivity contribution in [2.45, 2.75) is 6.42 Å². The number of para-hydroxylation sites is 2. The molecule has 0 spiro atoms. The van der Waals surface area contributed by atoms with Crippen LogP contribution in [0.4, 0.5) is 10.1 Å². The highest BCUT2D eigenvalue weighted by atomic mass is 19.1. The van der Waals surface area contributed by atoms with Crippen LogP contribution in [0.15, 0.2) is 54.6 Å². The van der Waals surface area contributed by atoms with Gasteiger partial charge in [-0.3, -0.25) is 14.4 Å². The zero-order valence-electron chi connectivity index (χ0n) is 17.1. The third-order valence-corrected chi connectivity index (χ3v) is 5.67. The number of carbonyl (C=O) groups excluding carboxylic acids is 3. The van der Waals surface area contributed by atoms with E-state index in [1.165, 1.54) is 11.0 Å². The molecule has 2 fully saturated rings. The molecule has 0 bridgehead atoms. The minimum absolute atomic E-state index is 0.0489. The number of rotatable bonds is 5. The van der Waals surface area contributed by atoms with E-state index in [-0.39, 0.29) is 43.0 Å². The Morgan fingerprint density at radius 1 is 0.935 bits per heavy atom. The second-order valence-electron chi connectivity index (χ2n) is 7.66. The van der Waals surface area contributed by atoms with Gasteiger partial charge < -0.3 is 19.4 Å². The topological polar surface area (TPSA) is 70.2 Å². The van der Waals surface area contributed by atoms with Crippen LogP contribution in [-0.2, 0) is 14.4 Å². The molecule has 3 amide bonds. The molecule has 162 valence electrons. The number of hydrogen-bond donors (Lipinski definition) is 0. The van der Waals surface area contributed by atoms with E-state index in [4.69, 9.17) is 4.74 Å². The molecule has 1 atom stereocenters. The molecule has 2 saturated heterocycles. The molecule has 0 aliphatic carbocycles. The van der Waals surface area contributed by atoms with Crippen molar-refractivity contribution >= 4 is 23.4 Å². The predicted octanol–water partition coefficient (Wildman–Crippen LogP) is 1.93. The highest BCUT2D eigenvalue weighted by molar-refractivity contribution is 6.00. The lowest BCUT2D eigenvalue weighted by atomic mass is 10.1. The van der Waals surface area contributed by atoms with Crippen molar-refractivity contribution in [3.05, 3.63) is 60.4 Å². The molecule has 0 aromatic heterocycles. The van der Waals surface area contributed by atoms with Crippen LogP contribution in [0, 0.1) is 11.7 Å². The number of anilines is 1. The summed E-state index contributed by atoms with van der Waals surface area (Å²) in [5.74, 6) is -0.854. The molecule has 2 aromatic carbocycles. The third kappa shape index (κ3) is 4.68. The minimum Gasteiger partial charge on any atom is -0.484 e. The van der Waals surface area contributed by atoms with Crippen LogP contribution < -0.4 is 9.64 Å². The zero-order chi connectivity index (χ0) is 21.8. The van der Waals surface area contributed by atoms with Crippen molar-refractivity contribution in [2.75, 3.05) is 44.2 Å². The Kier molecular flexibility index (Phi) is 6.16. The average Bonchev–Trinajstić information content (AvgIpc) is 3.19. The Morgan fingerprint density at radius 2 is 1.58 bits per heavy atom. The lowest BCUT2D eigenvalue weighted by Crippen LogP contribution is -2.53. The van der Waals surface area contributed by atoms with E-state index in [1.54, 1.807) is 40.1 Å². The fourth-order valence-corrected chi connectivity index (χ4v) is 3.96. The molecule has 8 heteroatoms. The number of piperazine rings is 1. The van der Waals surface area contributed by atoms with Crippen LogP contribution in [0.5, 0.6) is 5.75 Å². The minimum atomic E-state index is -0.504. The number of halogens is 1. The first kappa shape index (κ1) is 20.8. The Bertz CT molecular complexity index is 960. The van der Waals surface area contributed by atoms with E-state index in [1.807, 2.05) is 18.2 Å². The van der Waals surface area contributed by atoms with E-state index < -0.39 is 11.7 Å². The van der Waals surface area contributed by atoms with Crippen LogP contribution in [0.2, 0.25) is 0 Å². The second-order valence-corrected chi connectivity index (χ2v) is 7.66. The second kappa shape index (κ2) is 9.16. The number of carbonyl (C=O) groups is 3. The SMILES string of the molecule is O=C(COc1ccccc1)N1CCN(C(=O)[C@@H]2CC(=O)N(c3ccccc3F)C2)CC1. The number of amides is 3. The lowest BCUT2D eigenvalue weighted by Gasteiger charge is -2.35. The summed E-state index contributed by atoms with van der Waals surface area (Å²) in [6.45, 7) is 1.76. The maximum Gasteiger partial charge on any atom is 0.260 e. The summed E-state index contributed by atoms with van der Waals surface area (Å²) in [5.41, 5.74) is 0.205. The Balaban J connectivity index is 1.28. The first-order valence-corrected chi connectivity index (χ1v) is 10.3. The third-order valence-electron chi connectivity index (χ3n) is 5.67. The van der Waals surface area contributed by atoms with Gasteiger partial charge in [0.25, 0.3) is 5.91 Å². The molecule has 2 aliphatic heterocycles. The molecule has 2 aromatic rings. The highest BCUT2D eigenvalue weighted by Gasteiger charge is 2.38. The number of benzene rings is 2. The summed E-state index contributed by atoms with van der Waals surface area (Å²) >= 11 is 0. The highest BCUT2D eigenvalue weighted by Crippen LogP contribution is 2.28. The summed E-state index contributed by atoms with van der Waals surface area (Å²) in [4.78, 5) is 42.4. The van der Waals surface area contributed by atoms with E-state index in [2.05, 4.69) is 0 Å². The van der Waals surface area contributed by atoms with Crippen molar-refractivity contribution in [3.63, 3.8) is 0 Å². The fourth-order valence-electron chi connectivity index (χ4n) is 3.96. The summed E-state index contributed by atoms with van der Waals surface area (Å²) in [6.07, 6.45) is 0.0667. The molecule has 2 aliphatic rings. The van der Waals surface area contributed by atoms with Crippen LogP contribution in [0.3, 0.4) is 0 Å². The van der Waals surface area contributed by atoms with Gasteiger partial charge in [-0.15, -0.1) is 0 Å². The van der Waals surface area contributed by atoms with Gasteiger partial charge in [0, 0.05) is 39.1 Å². The maximum atomic E-state index is 14.1. The fraction of sp³-hybridized carbons (Fsp3) is 0.348. The molecule has 2 heterocycles. The smallest absolute Gasteiger partial charge is 0.260 e. The molecule has 4 rings (SSSR count). The van der Waals surface area contributed by atoms with E-state index in [0.29, 0.717) is 31.9 Å². The molecular formula is C23H24FN3O4. The van der Waals surface area contributed by atoms with Gasteiger partial charge >= 0.3 is 0 Å². The quantitative estimate of drug-likeness (QED) is 0.734. The van der Waals surface area contributed by atoms with Crippen LogP contribution in [0.25, 0.3) is 0 Å². The van der Waals surface area contributed by atoms with Crippen LogP contribution in [0.1, 0.15) is 6.42 Å². The molecule has 0 radical (unpaired) electrons. The van der Waals surface area contributed by atoms with Crippen molar-refractivity contribution in [2.24, 2.45) is 5.92 Å². The van der Waals surface area contributed by atoms with Gasteiger partial charge in [-0.25, -0.2) is 4.39 Å². The first-order valence-electron chi connectivity index (χ1n) is 10.3. The van der Waals surface area contributed by atoms with E-state index in [9.17, 15) is 18.8 Å². The van der Waals surface area contributed by atoms with Gasteiger partial charge in [0.1, 0.15) is 11.6 Å². The van der Waals surface area contributed by atoms with E-state index in [0.717, 1.165) is 0 Å². The van der Waals surface area contributed by atoms with Gasteiger partial charge in [-0.1, -0.05) is 30.3 Å². The standard InChI is InChI=1S/C23H24FN3O4/c24-19-8-4-5-9-20(19)27-15-17(14-21(27)28)23(30)26-12-10-25(11-13-26)22(29)16-31-18-6-2-1-3-7-18/h1-9,17H,10-16H2/t17-/m1/s1. The molecule has 0 N–H and O–H groups in total. The number of ether oxygens (including phenoxy) is 1. The van der Waals surface area contributed by atoms with Gasteiger partial charge in [0.2, 0.25) is 11.8 Å². The van der Waals surface area contributed by atoms with Crippen LogP contribution in [-0.4, -0.2) is 66.9 Å². The molecule has 0 saturated carbocycles. The summed E-state index contributed by atoms with van der Waals surface area (Å²) in [6, 6.07) is 15.2. The number of hydrogen-bond acceptors (Lipinski definition) is 4. The largest absolute Gasteiger partial charge is 0.484 e. The lowest BCUT2D eigenvalue weighted by molar-refractivity contribution is -0.142. The summed E-state index contributed by atoms with van der Waals surface area (Å²) in [7, 11) is 0. The predicted molar refractivity (Wildman–Crippen MR) is 112 cm³/mol. The average molecular weight is 425 g/mol. The normalized spacial score (nSPS) is 18.9. The van der Waals surface area contributed by atoms with Gasteiger partial charge in [0.05, 0.1) is 11.6 Å². The van der Waals surface area contributed by atoms with Crippen molar-refractivity contribution in [1.29, 1.82) is 0 Å². The van der Waals surface area contributed by atoms with Crippen molar-refractivity contribution < 1.29 is 23.5 Å². The monoisotopic (exact) mass is 425 g/mol. The molecular weight excluding hydrogens is 401 g/mol. The van der Waals surface area contributed by atoms with E-state index >= 15 is 0 Å². The van der Waals surface area contributed by atoms with Gasteiger partial charge in [-0.05, 0) is 24.3 Å². The Labute approximate surface area is 180 Å². The zero-order valence-corrected chi connectivity index (χ0v) is 17.1. The van der Waals surface area contributed by atoms with Gasteiger partial charge in [0.15, 0.2) is 6.61 Å². The van der Waals surface area contributed by atoms with Gasteiger partial charge in [-0.2, -0.15) is 0 Å². The summed E-state index contributed by atoms with van der Waals surface area (Å²) < 4.78 is 19.6. The van der Waals surface area contributed by atoms with Crippen molar-refractivity contribution in [1.82, 2.24) is 9.80 Å². The Morgan fingerprint density at radius 3 is 2.29 bits per heavy atom. The first-order chi connectivity index (χ1) is 15.0. The number of nitrogens with zero attached hydrogens (tertiary/aromatic N) is 3. The maximum absolute atomic E-state index is 14.1. The molecule has 0 unspecified atom stereocenters. The van der Waals surface area contributed by atoms with Crippen LogP contribution >= 0.6 is 0 Å². The Hall–Kier alpha value is -3.42. The summed E-state index contributed by atoms with van der Waals surface area (Å²) in [5, 5.41) is 0. The molecule has 31 heavy (non-hydrogen) atoms. The van der Waals surface area contributed by atoms with Crippen molar-refractivity contribution in [3.8, 4) is 5.75 Å². The molecule has 7 nitrogen and oxygen atoms in total.